The van der Waals surface area contributed by atoms with Crippen LogP contribution in [0.3, 0.4) is 0 Å². The second-order valence-corrected chi connectivity index (χ2v) is 5.77. The SMILES string of the molecule is CCCCC(CC)C(O)c1c(C)ccc2ccccc12. The number of aliphatic hydroxyl groups is 1. The molecule has 0 amide bonds. The average molecular weight is 270 g/mol. The first kappa shape index (κ1) is 15.1. The fraction of sp³-hybridized carbons (Fsp3) is 0.474. The third kappa shape index (κ3) is 3.04. The predicted octanol–water partition coefficient (Wildman–Crippen LogP) is 5.40. The Bertz CT molecular complexity index is 559. The third-order valence-corrected chi connectivity index (χ3v) is 4.38. The smallest absolute Gasteiger partial charge is 0.0826 e. The fourth-order valence-corrected chi connectivity index (χ4v) is 3.08. The number of unbranched alkanes of at least 4 members (excludes halogenated alkanes) is 1. The monoisotopic (exact) mass is 270 g/mol. The fourth-order valence-electron chi connectivity index (χ4n) is 3.08. The molecule has 2 unspecified atom stereocenters. The molecule has 0 saturated carbocycles. The number of aliphatic hydroxyl groups excluding tert-OH is 1. The van der Waals surface area contributed by atoms with Crippen LogP contribution < -0.4 is 0 Å². The molecule has 0 aliphatic rings. The van der Waals surface area contributed by atoms with E-state index in [0.29, 0.717) is 5.92 Å². The van der Waals surface area contributed by atoms with Crippen molar-refractivity contribution in [3.8, 4) is 0 Å². The first-order valence-corrected chi connectivity index (χ1v) is 7.85. The lowest BCUT2D eigenvalue weighted by Gasteiger charge is -2.24. The van der Waals surface area contributed by atoms with Crippen molar-refractivity contribution in [2.24, 2.45) is 5.92 Å². The van der Waals surface area contributed by atoms with Crippen LogP contribution in [0.1, 0.15) is 56.8 Å². The van der Waals surface area contributed by atoms with Crippen molar-refractivity contribution in [3.63, 3.8) is 0 Å². The van der Waals surface area contributed by atoms with Crippen LogP contribution in [-0.2, 0) is 0 Å². The summed E-state index contributed by atoms with van der Waals surface area (Å²) in [5.41, 5.74) is 2.33. The standard InChI is InChI=1S/C19H26O/c1-4-6-9-15(5-2)19(20)18-14(3)12-13-16-10-7-8-11-17(16)18/h7-8,10-13,15,19-20H,4-6,9H2,1-3H3. The van der Waals surface area contributed by atoms with E-state index in [-0.39, 0.29) is 6.10 Å². The minimum absolute atomic E-state index is 0.349. The topological polar surface area (TPSA) is 20.2 Å². The first-order chi connectivity index (χ1) is 9.69. The van der Waals surface area contributed by atoms with E-state index in [1.165, 1.54) is 29.2 Å². The molecule has 2 rings (SSSR count). The van der Waals surface area contributed by atoms with E-state index in [4.69, 9.17) is 0 Å². The van der Waals surface area contributed by atoms with Crippen LogP contribution in [0.5, 0.6) is 0 Å². The van der Waals surface area contributed by atoms with Crippen molar-refractivity contribution in [1.29, 1.82) is 0 Å². The van der Waals surface area contributed by atoms with E-state index in [2.05, 4.69) is 57.2 Å². The molecule has 0 heterocycles. The number of fused-ring (bicyclic) bond motifs is 1. The summed E-state index contributed by atoms with van der Waals surface area (Å²) in [5, 5.41) is 13.3. The summed E-state index contributed by atoms with van der Waals surface area (Å²) in [6, 6.07) is 12.7. The van der Waals surface area contributed by atoms with Crippen LogP contribution >= 0.6 is 0 Å². The van der Waals surface area contributed by atoms with Gasteiger partial charge in [-0.2, -0.15) is 0 Å². The summed E-state index contributed by atoms with van der Waals surface area (Å²) in [6.45, 7) is 6.50. The molecule has 0 fully saturated rings. The number of aryl methyl sites for hydroxylation is 1. The van der Waals surface area contributed by atoms with Gasteiger partial charge in [-0.15, -0.1) is 0 Å². The molecule has 0 aromatic heterocycles. The molecule has 0 bridgehead atoms. The van der Waals surface area contributed by atoms with Gasteiger partial charge in [0, 0.05) is 0 Å². The Labute approximate surface area is 122 Å². The number of rotatable bonds is 6. The van der Waals surface area contributed by atoms with Gasteiger partial charge in [0.05, 0.1) is 6.10 Å². The largest absolute Gasteiger partial charge is 0.388 e. The summed E-state index contributed by atoms with van der Waals surface area (Å²) in [4.78, 5) is 0. The Hall–Kier alpha value is -1.34. The molecule has 0 aliphatic heterocycles. The van der Waals surface area contributed by atoms with E-state index in [1.807, 2.05) is 0 Å². The quantitative estimate of drug-likeness (QED) is 0.745. The van der Waals surface area contributed by atoms with Crippen molar-refractivity contribution in [1.82, 2.24) is 0 Å². The number of hydrogen-bond acceptors (Lipinski definition) is 1. The molecule has 0 radical (unpaired) electrons. The number of benzene rings is 2. The van der Waals surface area contributed by atoms with Gasteiger partial charge in [0.15, 0.2) is 0 Å². The Morgan fingerprint density at radius 2 is 1.80 bits per heavy atom. The van der Waals surface area contributed by atoms with Crippen LogP contribution in [0.25, 0.3) is 10.8 Å². The van der Waals surface area contributed by atoms with E-state index in [1.54, 1.807) is 0 Å². The Balaban J connectivity index is 2.42. The summed E-state index contributed by atoms with van der Waals surface area (Å²) < 4.78 is 0. The minimum atomic E-state index is -0.349. The summed E-state index contributed by atoms with van der Waals surface area (Å²) in [7, 11) is 0. The molecular formula is C19H26O. The lowest BCUT2D eigenvalue weighted by atomic mass is 9.85. The van der Waals surface area contributed by atoms with E-state index < -0.39 is 0 Å². The summed E-state index contributed by atoms with van der Waals surface area (Å²) in [5.74, 6) is 0.361. The third-order valence-electron chi connectivity index (χ3n) is 4.38. The molecule has 1 nitrogen and oxygen atoms in total. The van der Waals surface area contributed by atoms with Gasteiger partial charge in [-0.3, -0.25) is 0 Å². The van der Waals surface area contributed by atoms with Gasteiger partial charge in [0.2, 0.25) is 0 Å². The van der Waals surface area contributed by atoms with Gasteiger partial charge >= 0.3 is 0 Å². The van der Waals surface area contributed by atoms with Gasteiger partial charge in [0.1, 0.15) is 0 Å². The zero-order valence-corrected chi connectivity index (χ0v) is 12.9. The molecule has 0 saturated heterocycles. The molecule has 0 spiro atoms. The van der Waals surface area contributed by atoms with Crippen molar-refractivity contribution in [2.75, 3.05) is 0 Å². The van der Waals surface area contributed by atoms with Crippen molar-refractivity contribution in [3.05, 3.63) is 47.5 Å². The van der Waals surface area contributed by atoms with Gasteiger partial charge < -0.3 is 5.11 Å². The van der Waals surface area contributed by atoms with Gasteiger partial charge in [-0.25, -0.2) is 0 Å². The highest BCUT2D eigenvalue weighted by Gasteiger charge is 2.22. The van der Waals surface area contributed by atoms with Crippen LogP contribution in [0.2, 0.25) is 0 Å². The molecule has 20 heavy (non-hydrogen) atoms. The maximum Gasteiger partial charge on any atom is 0.0826 e. The van der Waals surface area contributed by atoms with Gasteiger partial charge in [-0.1, -0.05) is 69.5 Å². The highest BCUT2D eigenvalue weighted by Crippen LogP contribution is 2.35. The highest BCUT2D eigenvalue weighted by atomic mass is 16.3. The molecule has 2 aromatic rings. The molecular weight excluding hydrogens is 244 g/mol. The molecule has 108 valence electrons. The molecule has 0 aliphatic carbocycles. The van der Waals surface area contributed by atoms with Crippen LogP contribution in [0.15, 0.2) is 36.4 Å². The molecule has 2 aromatic carbocycles. The zero-order chi connectivity index (χ0) is 14.5. The van der Waals surface area contributed by atoms with Crippen LogP contribution in [-0.4, -0.2) is 5.11 Å². The zero-order valence-electron chi connectivity index (χ0n) is 12.9. The Kier molecular flexibility index (Phi) is 5.19. The Morgan fingerprint density at radius 3 is 2.50 bits per heavy atom. The lowest BCUT2D eigenvalue weighted by Crippen LogP contribution is -2.13. The first-order valence-electron chi connectivity index (χ1n) is 7.85. The maximum absolute atomic E-state index is 10.9. The minimum Gasteiger partial charge on any atom is -0.388 e. The predicted molar refractivity (Wildman–Crippen MR) is 87.0 cm³/mol. The molecule has 1 N–H and O–H groups in total. The van der Waals surface area contributed by atoms with Crippen molar-refractivity contribution in [2.45, 2.75) is 52.6 Å². The van der Waals surface area contributed by atoms with Gasteiger partial charge in [-0.05, 0) is 41.2 Å². The van der Waals surface area contributed by atoms with Gasteiger partial charge in [0.25, 0.3) is 0 Å². The van der Waals surface area contributed by atoms with E-state index in [9.17, 15) is 5.11 Å². The van der Waals surface area contributed by atoms with Crippen molar-refractivity contribution >= 4 is 10.8 Å². The second-order valence-electron chi connectivity index (χ2n) is 5.77. The van der Waals surface area contributed by atoms with Crippen LogP contribution in [0.4, 0.5) is 0 Å². The Morgan fingerprint density at radius 1 is 1.05 bits per heavy atom. The lowest BCUT2D eigenvalue weighted by molar-refractivity contribution is 0.0997. The normalized spacial score (nSPS) is 14.4. The summed E-state index contributed by atoms with van der Waals surface area (Å²) >= 11 is 0. The highest BCUT2D eigenvalue weighted by molar-refractivity contribution is 5.87. The molecule has 1 heteroatoms. The maximum atomic E-state index is 10.9. The molecule has 2 atom stereocenters. The van der Waals surface area contributed by atoms with E-state index in [0.717, 1.165) is 18.4 Å². The van der Waals surface area contributed by atoms with E-state index >= 15 is 0 Å². The van der Waals surface area contributed by atoms with Crippen molar-refractivity contribution < 1.29 is 5.11 Å². The average Bonchev–Trinajstić information content (AvgIpc) is 2.47. The second kappa shape index (κ2) is 6.90. The summed E-state index contributed by atoms with van der Waals surface area (Å²) in [6.07, 6.45) is 4.18. The van der Waals surface area contributed by atoms with Crippen LogP contribution in [0, 0.1) is 12.8 Å². The number of hydrogen-bond donors (Lipinski definition) is 1.